The molecular formula is C19H29ClN2O2S. The highest BCUT2D eigenvalue weighted by molar-refractivity contribution is 7.88. The van der Waals surface area contributed by atoms with Gasteiger partial charge in [0.15, 0.2) is 0 Å². The fraction of sp³-hybridized carbons (Fsp3) is 0.684. The van der Waals surface area contributed by atoms with Crippen LogP contribution >= 0.6 is 12.4 Å². The Hall–Kier alpha value is -0.620. The van der Waals surface area contributed by atoms with Crippen molar-refractivity contribution in [3.8, 4) is 0 Å². The zero-order valence-corrected chi connectivity index (χ0v) is 16.8. The van der Waals surface area contributed by atoms with E-state index in [4.69, 9.17) is 0 Å². The van der Waals surface area contributed by atoms with Crippen molar-refractivity contribution >= 4 is 22.4 Å². The van der Waals surface area contributed by atoms with E-state index < -0.39 is 10.0 Å². The number of rotatable bonds is 2. The molecule has 0 N–H and O–H groups in total. The van der Waals surface area contributed by atoms with Crippen LogP contribution in [0.25, 0.3) is 0 Å². The topological polar surface area (TPSA) is 40.6 Å². The van der Waals surface area contributed by atoms with E-state index in [-0.39, 0.29) is 18.4 Å². The van der Waals surface area contributed by atoms with Crippen LogP contribution in [0.4, 0.5) is 0 Å². The number of fused-ring (bicyclic) bond motifs is 4. The van der Waals surface area contributed by atoms with Crippen molar-refractivity contribution in [1.29, 1.82) is 0 Å². The average molecular weight is 385 g/mol. The minimum Gasteiger partial charge on any atom is -0.296 e. The fourth-order valence-corrected chi connectivity index (χ4v) is 6.31. The number of hydrogen-bond donors (Lipinski definition) is 0. The normalized spacial score (nSPS) is 29.9. The van der Waals surface area contributed by atoms with Crippen LogP contribution < -0.4 is 0 Å². The standard InChI is InChI=1S/C19H28N2O2S.ClH/c1-3-14-6-7-17-15(11-14)8-10-20-13-16-5-4-9-21(24(2,22)23)18(16)12-19(17)20;/h6-7,11,16,18-19H,3-5,8-10,12-13H2,1-2H3;1H/t16-,18+,19-;/m1./s1. The Morgan fingerprint density at radius 2 is 2.04 bits per heavy atom. The first kappa shape index (κ1) is 19.2. The summed E-state index contributed by atoms with van der Waals surface area (Å²) in [6.45, 7) is 5.08. The van der Waals surface area contributed by atoms with Crippen molar-refractivity contribution in [2.45, 2.75) is 51.1 Å². The first-order chi connectivity index (χ1) is 11.5. The molecule has 0 aliphatic carbocycles. The summed E-state index contributed by atoms with van der Waals surface area (Å²) in [4.78, 5) is 2.61. The van der Waals surface area contributed by atoms with Crippen LogP contribution in [0.5, 0.6) is 0 Å². The number of hydrogen-bond acceptors (Lipinski definition) is 3. The molecular weight excluding hydrogens is 356 g/mol. The maximum absolute atomic E-state index is 12.2. The molecule has 0 bridgehead atoms. The lowest BCUT2D eigenvalue weighted by molar-refractivity contribution is 0.0222. The highest BCUT2D eigenvalue weighted by Gasteiger charge is 2.44. The summed E-state index contributed by atoms with van der Waals surface area (Å²) >= 11 is 0. The van der Waals surface area contributed by atoms with Gasteiger partial charge in [0.2, 0.25) is 10.0 Å². The van der Waals surface area contributed by atoms with E-state index in [2.05, 4.69) is 30.0 Å². The molecule has 1 aromatic carbocycles. The molecule has 0 unspecified atom stereocenters. The smallest absolute Gasteiger partial charge is 0.211 e. The van der Waals surface area contributed by atoms with Crippen LogP contribution in [0, 0.1) is 5.92 Å². The Balaban J connectivity index is 0.00000182. The second kappa shape index (κ2) is 7.18. The maximum atomic E-state index is 12.2. The van der Waals surface area contributed by atoms with Gasteiger partial charge in [-0.1, -0.05) is 25.1 Å². The Morgan fingerprint density at radius 1 is 1.24 bits per heavy atom. The van der Waals surface area contributed by atoms with Gasteiger partial charge in [-0.25, -0.2) is 8.42 Å². The molecule has 140 valence electrons. The Morgan fingerprint density at radius 3 is 2.76 bits per heavy atom. The van der Waals surface area contributed by atoms with Gasteiger partial charge in [-0.3, -0.25) is 4.90 Å². The van der Waals surface area contributed by atoms with E-state index in [9.17, 15) is 8.42 Å². The van der Waals surface area contributed by atoms with E-state index in [1.54, 1.807) is 4.31 Å². The zero-order chi connectivity index (χ0) is 16.9. The molecule has 6 heteroatoms. The van der Waals surface area contributed by atoms with E-state index in [1.807, 2.05) is 0 Å². The molecule has 1 aromatic rings. The third kappa shape index (κ3) is 3.48. The first-order valence-corrected chi connectivity index (χ1v) is 11.1. The second-order valence-corrected chi connectivity index (χ2v) is 9.66. The number of aryl methyl sites for hydroxylation is 1. The molecule has 0 radical (unpaired) electrons. The third-order valence-corrected chi connectivity index (χ3v) is 7.62. The van der Waals surface area contributed by atoms with Crippen LogP contribution in [0.2, 0.25) is 0 Å². The molecule has 25 heavy (non-hydrogen) atoms. The molecule has 0 amide bonds. The molecule has 0 saturated carbocycles. The zero-order valence-electron chi connectivity index (χ0n) is 15.1. The highest BCUT2D eigenvalue weighted by atomic mass is 35.5. The number of piperidine rings is 2. The van der Waals surface area contributed by atoms with Crippen molar-refractivity contribution in [3.05, 3.63) is 34.9 Å². The maximum Gasteiger partial charge on any atom is 0.211 e. The molecule has 3 atom stereocenters. The van der Waals surface area contributed by atoms with Crippen LogP contribution in [-0.4, -0.2) is 49.6 Å². The molecule has 4 rings (SSSR count). The van der Waals surface area contributed by atoms with Gasteiger partial charge >= 0.3 is 0 Å². The van der Waals surface area contributed by atoms with E-state index in [1.165, 1.54) is 29.4 Å². The summed E-state index contributed by atoms with van der Waals surface area (Å²) < 4.78 is 26.3. The first-order valence-electron chi connectivity index (χ1n) is 9.30. The van der Waals surface area contributed by atoms with Gasteiger partial charge in [0.25, 0.3) is 0 Å². The van der Waals surface area contributed by atoms with Crippen molar-refractivity contribution in [2.75, 3.05) is 25.9 Å². The molecule has 3 aliphatic heterocycles. The molecule has 2 fully saturated rings. The number of sulfonamides is 1. The summed E-state index contributed by atoms with van der Waals surface area (Å²) in [6.07, 6.45) is 6.71. The lowest BCUT2D eigenvalue weighted by atomic mass is 9.77. The highest BCUT2D eigenvalue weighted by Crippen LogP contribution is 2.43. The number of halogens is 1. The largest absolute Gasteiger partial charge is 0.296 e. The second-order valence-electron chi connectivity index (χ2n) is 7.73. The lowest BCUT2D eigenvalue weighted by Gasteiger charge is -2.51. The van der Waals surface area contributed by atoms with Gasteiger partial charge in [-0.15, -0.1) is 12.4 Å². The lowest BCUT2D eigenvalue weighted by Crippen LogP contribution is -2.57. The van der Waals surface area contributed by atoms with Gasteiger partial charge in [0.05, 0.1) is 6.26 Å². The average Bonchev–Trinajstić information content (AvgIpc) is 2.58. The molecule has 2 saturated heterocycles. The van der Waals surface area contributed by atoms with Crippen molar-refractivity contribution in [2.24, 2.45) is 5.92 Å². The van der Waals surface area contributed by atoms with Crippen molar-refractivity contribution < 1.29 is 8.42 Å². The summed E-state index contributed by atoms with van der Waals surface area (Å²) in [5.41, 5.74) is 4.33. The minimum absolute atomic E-state index is 0. The predicted octanol–water partition coefficient (Wildman–Crippen LogP) is 3.01. The van der Waals surface area contributed by atoms with Gasteiger partial charge < -0.3 is 0 Å². The molecule has 4 nitrogen and oxygen atoms in total. The van der Waals surface area contributed by atoms with E-state index in [0.29, 0.717) is 18.5 Å². The van der Waals surface area contributed by atoms with Crippen molar-refractivity contribution in [1.82, 2.24) is 9.21 Å². The summed E-state index contributed by atoms with van der Waals surface area (Å²) in [5, 5.41) is 0. The van der Waals surface area contributed by atoms with E-state index in [0.717, 1.165) is 38.8 Å². The van der Waals surface area contributed by atoms with Crippen LogP contribution in [0.1, 0.15) is 48.9 Å². The Bertz CT molecular complexity index is 737. The molecule has 3 heterocycles. The minimum atomic E-state index is -3.11. The third-order valence-electron chi connectivity index (χ3n) is 6.31. The van der Waals surface area contributed by atoms with Gasteiger partial charge in [0.1, 0.15) is 0 Å². The van der Waals surface area contributed by atoms with E-state index >= 15 is 0 Å². The summed E-state index contributed by atoms with van der Waals surface area (Å²) in [6, 6.07) is 7.51. The monoisotopic (exact) mass is 384 g/mol. The Labute approximate surface area is 158 Å². The number of nitrogens with zero attached hydrogens (tertiary/aromatic N) is 2. The van der Waals surface area contributed by atoms with Crippen LogP contribution in [-0.2, 0) is 22.9 Å². The van der Waals surface area contributed by atoms with Crippen LogP contribution in [0.15, 0.2) is 18.2 Å². The predicted molar refractivity (Wildman–Crippen MR) is 104 cm³/mol. The number of benzene rings is 1. The molecule has 3 aliphatic rings. The molecule has 0 aromatic heterocycles. The fourth-order valence-electron chi connectivity index (χ4n) is 5.10. The quantitative estimate of drug-likeness (QED) is 0.786. The van der Waals surface area contributed by atoms with Gasteiger partial charge in [-0.2, -0.15) is 4.31 Å². The molecule has 0 spiro atoms. The van der Waals surface area contributed by atoms with Gasteiger partial charge in [0, 0.05) is 31.7 Å². The van der Waals surface area contributed by atoms with Crippen LogP contribution in [0.3, 0.4) is 0 Å². The summed E-state index contributed by atoms with van der Waals surface area (Å²) in [7, 11) is -3.11. The summed E-state index contributed by atoms with van der Waals surface area (Å²) in [5.74, 6) is 0.501. The SMILES string of the molecule is CCc1ccc2c(c1)CCN1C[C@H]3CCCN(S(C)(=O)=O)[C@H]3C[C@H]21.Cl. The van der Waals surface area contributed by atoms with Crippen molar-refractivity contribution in [3.63, 3.8) is 0 Å². The van der Waals surface area contributed by atoms with Gasteiger partial charge in [-0.05, 0) is 54.7 Å². The Kier molecular flexibility index (Phi) is 5.50.